The first-order valence-electron chi connectivity index (χ1n) is 7.73. The number of nitrogens with one attached hydrogen (secondary N) is 1. The highest BCUT2D eigenvalue weighted by molar-refractivity contribution is 9.10. The van der Waals surface area contributed by atoms with Gasteiger partial charge in [-0.05, 0) is 36.6 Å². The molecule has 0 spiro atoms. The Hall–Kier alpha value is -1.82. The predicted molar refractivity (Wildman–Crippen MR) is 91.4 cm³/mol. The molecule has 0 saturated heterocycles. The van der Waals surface area contributed by atoms with E-state index >= 15 is 0 Å². The first-order valence-corrected chi connectivity index (χ1v) is 8.53. The van der Waals surface area contributed by atoms with Crippen LogP contribution < -0.4 is 10.1 Å². The van der Waals surface area contributed by atoms with Crippen LogP contribution in [0, 0.1) is 12.8 Å². The number of halogens is 1. The molecule has 1 aliphatic rings. The average Bonchev–Trinajstić information content (AvgIpc) is 3.11. The van der Waals surface area contributed by atoms with Crippen molar-refractivity contribution in [2.75, 3.05) is 6.54 Å². The van der Waals surface area contributed by atoms with Crippen LogP contribution >= 0.6 is 15.9 Å². The average molecular weight is 378 g/mol. The number of carbonyl (C=O) groups excluding carboxylic acids is 1. The molecular weight excluding hydrogens is 358 g/mol. The van der Waals surface area contributed by atoms with Crippen LogP contribution in [0.25, 0.3) is 0 Å². The maximum absolute atomic E-state index is 12.3. The molecule has 122 valence electrons. The molecule has 3 rings (SSSR count). The SMILES string of the molecule is Cc1nccn1CC(C)CNC(=O)C1Cc2cc(Br)ccc2O1. The lowest BCUT2D eigenvalue weighted by Crippen LogP contribution is -2.40. The van der Waals surface area contributed by atoms with Gasteiger partial charge in [0.15, 0.2) is 6.10 Å². The Morgan fingerprint density at radius 1 is 1.57 bits per heavy atom. The Bertz CT molecular complexity index is 714. The molecule has 1 N–H and O–H groups in total. The maximum Gasteiger partial charge on any atom is 0.261 e. The molecule has 2 heterocycles. The number of rotatable bonds is 5. The number of fused-ring (bicyclic) bond motifs is 1. The monoisotopic (exact) mass is 377 g/mol. The Morgan fingerprint density at radius 3 is 3.13 bits per heavy atom. The van der Waals surface area contributed by atoms with Crippen LogP contribution in [-0.2, 0) is 17.8 Å². The standard InChI is InChI=1S/C17H20BrN3O2/c1-11(10-21-6-5-19-12(21)2)9-20-17(22)16-8-13-7-14(18)3-4-15(13)23-16/h3-7,11,16H,8-10H2,1-2H3,(H,20,22). The number of carbonyl (C=O) groups is 1. The third-order valence-corrected chi connectivity index (χ3v) is 4.54. The summed E-state index contributed by atoms with van der Waals surface area (Å²) >= 11 is 3.44. The van der Waals surface area contributed by atoms with Gasteiger partial charge >= 0.3 is 0 Å². The van der Waals surface area contributed by atoms with E-state index in [2.05, 4.69) is 37.7 Å². The molecule has 2 atom stereocenters. The lowest BCUT2D eigenvalue weighted by molar-refractivity contribution is -0.127. The highest BCUT2D eigenvalue weighted by atomic mass is 79.9. The quantitative estimate of drug-likeness (QED) is 0.871. The summed E-state index contributed by atoms with van der Waals surface area (Å²) in [5.41, 5.74) is 1.07. The second-order valence-corrected chi connectivity index (χ2v) is 6.96. The minimum absolute atomic E-state index is 0.0495. The van der Waals surface area contributed by atoms with Crippen molar-refractivity contribution < 1.29 is 9.53 Å². The molecule has 0 radical (unpaired) electrons. The van der Waals surface area contributed by atoms with Crippen LogP contribution in [0.5, 0.6) is 5.75 Å². The van der Waals surface area contributed by atoms with Gasteiger partial charge in [0.2, 0.25) is 0 Å². The Labute approximate surface area is 144 Å². The number of aryl methyl sites for hydroxylation is 1. The van der Waals surface area contributed by atoms with E-state index in [1.165, 1.54) is 0 Å². The summed E-state index contributed by atoms with van der Waals surface area (Å²) in [5.74, 6) is 2.06. The predicted octanol–water partition coefficient (Wildman–Crippen LogP) is 2.71. The van der Waals surface area contributed by atoms with Gasteiger partial charge in [0.05, 0.1) is 0 Å². The van der Waals surface area contributed by atoms with E-state index in [-0.39, 0.29) is 5.91 Å². The summed E-state index contributed by atoms with van der Waals surface area (Å²) in [4.78, 5) is 16.5. The zero-order chi connectivity index (χ0) is 16.4. The number of amides is 1. The first-order chi connectivity index (χ1) is 11.0. The normalized spacial score (nSPS) is 17.4. The minimum atomic E-state index is -0.429. The molecular formula is C17H20BrN3O2. The van der Waals surface area contributed by atoms with Crippen molar-refractivity contribution in [2.24, 2.45) is 5.92 Å². The Morgan fingerprint density at radius 2 is 2.39 bits per heavy atom. The van der Waals surface area contributed by atoms with Gasteiger partial charge in [-0.25, -0.2) is 4.98 Å². The summed E-state index contributed by atoms with van der Waals surface area (Å²) in [6.45, 7) is 5.55. The van der Waals surface area contributed by atoms with Crippen molar-refractivity contribution in [1.29, 1.82) is 0 Å². The fourth-order valence-corrected chi connectivity index (χ4v) is 3.16. The van der Waals surface area contributed by atoms with Crippen molar-refractivity contribution >= 4 is 21.8 Å². The number of aromatic nitrogens is 2. The summed E-state index contributed by atoms with van der Waals surface area (Å²) in [6.07, 6.45) is 3.95. The number of nitrogens with zero attached hydrogens (tertiary/aromatic N) is 2. The number of imidazole rings is 1. The van der Waals surface area contributed by atoms with Gasteiger partial charge in [0.1, 0.15) is 11.6 Å². The van der Waals surface area contributed by atoms with Crippen molar-refractivity contribution in [3.05, 3.63) is 46.5 Å². The van der Waals surface area contributed by atoms with Crippen molar-refractivity contribution in [1.82, 2.24) is 14.9 Å². The molecule has 5 nitrogen and oxygen atoms in total. The Balaban J connectivity index is 1.50. The molecule has 0 aliphatic carbocycles. The molecule has 1 aliphatic heterocycles. The van der Waals surface area contributed by atoms with E-state index in [9.17, 15) is 4.79 Å². The highest BCUT2D eigenvalue weighted by Gasteiger charge is 2.29. The van der Waals surface area contributed by atoms with Gasteiger partial charge in [-0.3, -0.25) is 4.79 Å². The fraction of sp³-hybridized carbons (Fsp3) is 0.412. The lowest BCUT2D eigenvalue weighted by Gasteiger charge is -2.16. The smallest absolute Gasteiger partial charge is 0.261 e. The second-order valence-electron chi connectivity index (χ2n) is 6.04. The van der Waals surface area contributed by atoms with Gasteiger partial charge in [0, 0.05) is 36.4 Å². The summed E-state index contributed by atoms with van der Waals surface area (Å²) in [7, 11) is 0. The third kappa shape index (κ3) is 3.75. The van der Waals surface area contributed by atoms with Crippen molar-refractivity contribution in [3.63, 3.8) is 0 Å². The molecule has 6 heteroatoms. The topological polar surface area (TPSA) is 56.2 Å². The molecule has 0 saturated carbocycles. The molecule has 0 fully saturated rings. The molecule has 23 heavy (non-hydrogen) atoms. The van der Waals surface area contributed by atoms with E-state index < -0.39 is 6.10 Å². The van der Waals surface area contributed by atoms with Crippen LogP contribution in [0.15, 0.2) is 35.1 Å². The number of hydrogen-bond donors (Lipinski definition) is 1. The zero-order valence-corrected chi connectivity index (χ0v) is 14.8. The van der Waals surface area contributed by atoms with Crippen LogP contribution in [0.3, 0.4) is 0 Å². The van der Waals surface area contributed by atoms with Gasteiger partial charge in [-0.2, -0.15) is 0 Å². The zero-order valence-electron chi connectivity index (χ0n) is 13.3. The number of ether oxygens (including phenoxy) is 1. The van der Waals surface area contributed by atoms with Crippen molar-refractivity contribution in [3.8, 4) is 5.75 Å². The molecule has 1 aromatic heterocycles. The van der Waals surface area contributed by atoms with Crippen LogP contribution in [0.4, 0.5) is 0 Å². The minimum Gasteiger partial charge on any atom is -0.480 e. The van der Waals surface area contributed by atoms with E-state index in [1.807, 2.05) is 31.3 Å². The molecule has 0 bridgehead atoms. The first kappa shape index (κ1) is 16.1. The summed E-state index contributed by atoms with van der Waals surface area (Å²) < 4.78 is 8.83. The van der Waals surface area contributed by atoms with Crippen LogP contribution in [0.2, 0.25) is 0 Å². The van der Waals surface area contributed by atoms with Gasteiger partial charge in [0.25, 0.3) is 5.91 Å². The van der Waals surface area contributed by atoms with Gasteiger partial charge < -0.3 is 14.6 Å². The second kappa shape index (κ2) is 6.74. The molecule has 1 amide bonds. The molecule has 2 unspecified atom stereocenters. The third-order valence-electron chi connectivity index (χ3n) is 4.05. The molecule has 1 aromatic carbocycles. The number of hydrogen-bond acceptors (Lipinski definition) is 3. The van der Waals surface area contributed by atoms with E-state index in [4.69, 9.17) is 4.74 Å². The van der Waals surface area contributed by atoms with Gasteiger partial charge in [-0.15, -0.1) is 0 Å². The van der Waals surface area contributed by atoms with Crippen LogP contribution in [0.1, 0.15) is 18.3 Å². The van der Waals surface area contributed by atoms with E-state index in [0.717, 1.165) is 28.2 Å². The summed E-state index contributed by atoms with van der Waals surface area (Å²) in [6, 6.07) is 5.83. The number of benzene rings is 1. The highest BCUT2D eigenvalue weighted by Crippen LogP contribution is 2.31. The van der Waals surface area contributed by atoms with E-state index in [1.54, 1.807) is 6.20 Å². The van der Waals surface area contributed by atoms with E-state index in [0.29, 0.717) is 18.9 Å². The summed E-state index contributed by atoms with van der Waals surface area (Å²) in [5, 5.41) is 3.00. The van der Waals surface area contributed by atoms with Crippen molar-refractivity contribution in [2.45, 2.75) is 32.9 Å². The van der Waals surface area contributed by atoms with Gasteiger partial charge in [-0.1, -0.05) is 22.9 Å². The molecule has 2 aromatic rings. The fourth-order valence-electron chi connectivity index (χ4n) is 2.75. The largest absolute Gasteiger partial charge is 0.480 e. The Kier molecular flexibility index (Phi) is 4.71. The maximum atomic E-state index is 12.3. The van der Waals surface area contributed by atoms with Crippen LogP contribution in [-0.4, -0.2) is 28.1 Å². The lowest BCUT2D eigenvalue weighted by atomic mass is 10.1.